The Morgan fingerprint density at radius 3 is 2.76 bits per heavy atom. The van der Waals surface area contributed by atoms with Crippen LogP contribution in [0.1, 0.15) is 47.0 Å². The Labute approximate surface area is 135 Å². The predicted molar refractivity (Wildman–Crippen MR) is 93.2 cm³/mol. The summed E-state index contributed by atoms with van der Waals surface area (Å²) >= 11 is 2.12. The van der Waals surface area contributed by atoms with Gasteiger partial charge in [-0.3, -0.25) is 4.90 Å². The van der Waals surface area contributed by atoms with Gasteiger partial charge in [-0.15, -0.1) is 0 Å². The number of nitrogens with one attached hydrogen (secondary N) is 1. The number of rotatable bonds is 6. The first-order chi connectivity index (χ1) is 9.94. The smallest absolute Gasteiger partial charge is 0.0707 e. The van der Waals surface area contributed by atoms with E-state index in [1.165, 1.54) is 38.1 Å². The van der Waals surface area contributed by atoms with E-state index in [1.54, 1.807) is 0 Å². The molecule has 2 saturated heterocycles. The van der Waals surface area contributed by atoms with Crippen molar-refractivity contribution in [1.82, 2.24) is 10.2 Å². The van der Waals surface area contributed by atoms with E-state index in [4.69, 9.17) is 4.74 Å². The van der Waals surface area contributed by atoms with Gasteiger partial charge in [0.25, 0.3) is 0 Å². The van der Waals surface area contributed by atoms with E-state index in [0.717, 1.165) is 25.6 Å². The Kier molecular flexibility index (Phi) is 6.85. The third kappa shape index (κ3) is 6.47. The van der Waals surface area contributed by atoms with Gasteiger partial charge in [0.05, 0.1) is 12.2 Å². The summed E-state index contributed by atoms with van der Waals surface area (Å²) in [4.78, 5) is 2.62. The lowest BCUT2D eigenvalue weighted by Gasteiger charge is -2.25. The van der Waals surface area contributed by atoms with Gasteiger partial charge in [-0.05, 0) is 38.3 Å². The molecule has 3 nitrogen and oxygen atoms in total. The van der Waals surface area contributed by atoms with Gasteiger partial charge in [0.2, 0.25) is 0 Å². The van der Waals surface area contributed by atoms with Gasteiger partial charge in [0.15, 0.2) is 0 Å². The highest BCUT2D eigenvalue weighted by Crippen LogP contribution is 2.31. The molecule has 0 aromatic rings. The van der Waals surface area contributed by atoms with Crippen LogP contribution in [0.3, 0.4) is 0 Å². The van der Waals surface area contributed by atoms with Crippen molar-refractivity contribution in [2.75, 3.05) is 38.5 Å². The molecule has 1 N–H and O–H groups in total. The van der Waals surface area contributed by atoms with Crippen LogP contribution in [0.15, 0.2) is 0 Å². The molecule has 2 heterocycles. The van der Waals surface area contributed by atoms with E-state index in [9.17, 15) is 0 Å². The van der Waals surface area contributed by atoms with Crippen molar-refractivity contribution in [3.63, 3.8) is 0 Å². The first-order valence-corrected chi connectivity index (χ1v) is 9.66. The lowest BCUT2D eigenvalue weighted by molar-refractivity contribution is 0.0241. The third-order valence-electron chi connectivity index (χ3n) is 4.51. The topological polar surface area (TPSA) is 24.5 Å². The van der Waals surface area contributed by atoms with Crippen molar-refractivity contribution in [2.24, 2.45) is 5.92 Å². The molecule has 2 aliphatic rings. The molecule has 21 heavy (non-hydrogen) atoms. The second-order valence-corrected chi connectivity index (χ2v) is 9.47. The lowest BCUT2D eigenvalue weighted by Crippen LogP contribution is -2.36. The predicted octanol–water partition coefficient (Wildman–Crippen LogP) is 3.00. The molecule has 2 aliphatic heterocycles. The van der Waals surface area contributed by atoms with Gasteiger partial charge < -0.3 is 10.1 Å². The summed E-state index contributed by atoms with van der Waals surface area (Å²) in [6.07, 6.45) is 4.66. The average molecular weight is 315 g/mol. The Balaban J connectivity index is 1.65. The van der Waals surface area contributed by atoms with Gasteiger partial charge in [0, 0.05) is 30.1 Å². The van der Waals surface area contributed by atoms with Gasteiger partial charge in [-0.25, -0.2) is 0 Å². The van der Waals surface area contributed by atoms with Crippen LogP contribution in [-0.4, -0.2) is 60.3 Å². The van der Waals surface area contributed by atoms with Crippen molar-refractivity contribution in [1.29, 1.82) is 0 Å². The van der Waals surface area contributed by atoms with Crippen LogP contribution < -0.4 is 5.32 Å². The molecule has 0 amide bonds. The van der Waals surface area contributed by atoms with E-state index in [2.05, 4.69) is 49.7 Å². The SMILES string of the molecule is CC(C)CNCC1CCC(CN2CCSC(C)(C)CC2)O1. The van der Waals surface area contributed by atoms with E-state index in [1.807, 2.05) is 0 Å². The minimum absolute atomic E-state index is 0.437. The van der Waals surface area contributed by atoms with Crippen LogP contribution in [0.5, 0.6) is 0 Å². The monoisotopic (exact) mass is 314 g/mol. The molecule has 2 fully saturated rings. The molecule has 0 aromatic carbocycles. The highest BCUT2D eigenvalue weighted by Gasteiger charge is 2.29. The van der Waals surface area contributed by atoms with Crippen LogP contribution in [0.25, 0.3) is 0 Å². The second kappa shape index (κ2) is 8.19. The molecule has 0 bridgehead atoms. The van der Waals surface area contributed by atoms with E-state index >= 15 is 0 Å². The average Bonchev–Trinajstić information content (AvgIpc) is 2.75. The molecule has 124 valence electrons. The fourth-order valence-corrected chi connectivity index (χ4v) is 4.27. The zero-order valence-corrected chi connectivity index (χ0v) is 15.2. The summed E-state index contributed by atoms with van der Waals surface area (Å²) in [7, 11) is 0. The zero-order valence-electron chi connectivity index (χ0n) is 14.4. The van der Waals surface area contributed by atoms with Crippen LogP contribution in [0.2, 0.25) is 0 Å². The Morgan fingerprint density at radius 1 is 1.24 bits per heavy atom. The summed E-state index contributed by atoms with van der Waals surface area (Å²) < 4.78 is 6.68. The molecule has 2 atom stereocenters. The summed E-state index contributed by atoms with van der Waals surface area (Å²) in [5.74, 6) is 1.99. The molecular weight excluding hydrogens is 280 g/mol. The molecule has 0 radical (unpaired) electrons. The maximum atomic E-state index is 6.23. The molecule has 0 spiro atoms. The molecule has 0 aliphatic carbocycles. The van der Waals surface area contributed by atoms with Crippen LogP contribution in [0, 0.1) is 5.92 Å². The minimum Gasteiger partial charge on any atom is -0.372 e. The van der Waals surface area contributed by atoms with Gasteiger partial charge >= 0.3 is 0 Å². The highest BCUT2D eigenvalue weighted by atomic mass is 32.2. The zero-order chi connectivity index (χ0) is 15.3. The third-order valence-corrected chi connectivity index (χ3v) is 5.88. The first-order valence-electron chi connectivity index (χ1n) is 8.67. The molecule has 4 heteroatoms. The molecular formula is C17H34N2OS. The Morgan fingerprint density at radius 2 is 2.00 bits per heavy atom. The highest BCUT2D eigenvalue weighted by molar-refractivity contribution is 8.00. The summed E-state index contributed by atoms with van der Waals surface area (Å²) in [6.45, 7) is 15.0. The number of nitrogens with zero attached hydrogens (tertiary/aromatic N) is 1. The lowest BCUT2D eigenvalue weighted by atomic mass is 10.1. The van der Waals surface area contributed by atoms with Crippen molar-refractivity contribution in [3.05, 3.63) is 0 Å². The Bertz CT molecular complexity index is 309. The molecule has 2 unspecified atom stereocenters. The largest absolute Gasteiger partial charge is 0.372 e. The van der Waals surface area contributed by atoms with Gasteiger partial charge in [-0.1, -0.05) is 27.7 Å². The number of hydrogen-bond acceptors (Lipinski definition) is 4. The molecule has 2 rings (SSSR count). The maximum Gasteiger partial charge on any atom is 0.0707 e. The number of hydrogen-bond donors (Lipinski definition) is 1. The van der Waals surface area contributed by atoms with Crippen molar-refractivity contribution >= 4 is 11.8 Å². The molecule has 0 aromatic heterocycles. The fourth-order valence-electron chi connectivity index (χ4n) is 3.13. The first kappa shape index (κ1) is 17.6. The second-order valence-electron chi connectivity index (χ2n) is 7.67. The normalized spacial score (nSPS) is 30.7. The van der Waals surface area contributed by atoms with E-state index in [0.29, 0.717) is 17.0 Å². The molecule has 0 saturated carbocycles. The maximum absolute atomic E-state index is 6.23. The fraction of sp³-hybridized carbons (Fsp3) is 1.00. The van der Waals surface area contributed by atoms with Gasteiger partial charge in [-0.2, -0.15) is 11.8 Å². The van der Waals surface area contributed by atoms with Crippen molar-refractivity contribution in [2.45, 2.75) is 63.9 Å². The quantitative estimate of drug-likeness (QED) is 0.814. The summed E-state index contributed by atoms with van der Waals surface area (Å²) in [5, 5.41) is 3.53. The van der Waals surface area contributed by atoms with Crippen molar-refractivity contribution < 1.29 is 4.74 Å². The number of ether oxygens (including phenoxy) is 1. The van der Waals surface area contributed by atoms with Gasteiger partial charge in [0.1, 0.15) is 0 Å². The van der Waals surface area contributed by atoms with Crippen LogP contribution in [0.4, 0.5) is 0 Å². The summed E-state index contributed by atoms with van der Waals surface area (Å²) in [5.41, 5.74) is 0. The number of thioether (sulfide) groups is 1. The van der Waals surface area contributed by atoms with Crippen LogP contribution >= 0.6 is 11.8 Å². The Hall–Kier alpha value is 0.230. The van der Waals surface area contributed by atoms with Crippen LogP contribution in [-0.2, 0) is 4.74 Å². The van der Waals surface area contributed by atoms with Crippen molar-refractivity contribution in [3.8, 4) is 0 Å². The minimum atomic E-state index is 0.437. The van der Waals surface area contributed by atoms with E-state index < -0.39 is 0 Å². The standard InChI is InChI=1S/C17H34N2OS/c1-14(2)11-18-12-15-5-6-16(20-15)13-19-8-7-17(3,4)21-10-9-19/h14-16,18H,5-13H2,1-4H3. The van der Waals surface area contributed by atoms with E-state index in [-0.39, 0.29) is 0 Å². The summed E-state index contributed by atoms with van der Waals surface area (Å²) in [6, 6.07) is 0.